The zero-order valence-corrected chi connectivity index (χ0v) is 11.1. The van der Waals surface area contributed by atoms with Crippen LogP contribution < -0.4 is 11.1 Å². The second kappa shape index (κ2) is 5.88. The summed E-state index contributed by atoms with van der Waals surface area (Å²) in [7, 11) is 0. The predicted octanol–water partition coefficient (Wildman–Crippen LogP) is 2.72. The molecule has 3 N–H and O–H groups in total. The molecule has 1 unspecified atom stereocenters. The molecular formula is C12H16BrN3. The van der Waals surface area contributed by atoms with Crippen LogP contribution in [-0.4, -0.2) is 12.6 Å². The van der Waals surface area contributed by atoms with Gasteiger partial charge in [0.1, 0.15) is 6.07 Å². The van der Waals surface area contributed by atoms with Gasteiger partial charge in [0.2, 0.25) is 0 Å². The van der Waals surface area contributed by atoms with Crippen LogP contribution in [0.2, 0.25) is 0 Å². The Bertz CT molecular complexity index is 396. The lowest BCUT2D eigenvalue weighted by atomic mass is 10.0. The molecule has 0 aliphatic rings. The van der Waals surface area contributed by atoms with Crippen LogP contribution in [-0.2, 0) is 0 Å². The van der Waals surface area contributed by atoms with Crippen LogP contribution in [0, 0.1) is 17.2 Å². The highest BCUT2D eigenvalue weighted by Crippen LogP contribution is 2.22. The third kappa shape index (κ3) is 3.22. The Morgan fingerprint density at radius 2 is 2.19 bits per heavy atom. The summed E-state index contributed by atoms with van der Waals surface area (Å²) in [4.78, 5) is 0. The number of anilines is 1. The molecule has 0 aromatic heterocycles. The second-order valence-corrected chi connectivity index (χ2v) is 4.89. The summed E-state index contributed by atoms with van der Waals surface area (Å²) < 4.78 is 0.805. The standard InChI is InChI=1S/C12H16BrN3/c1-8(2)12(7-15)16-10-4-3-9(6-14)11(13)5-10/h3-5,8,12,16H,7,15H2,1-2H3. The van der Waals surface area contributed by atoms with Crippen molar-refractivity contribution in [2.45, 2.75) is 19.9 Å². The molecule has 0 saturated heterocycles. The SMILES string of the molecule is CC(C)C(CN)Nc1ccc(C#N)c(Br)c1. The van der Waals surface area contributed by atoms with E-state index in [0.29, 0.717) is 18.0 Å². The maximum atomic E-state index is 8.81. The smallest absolute Gasteiger partial charge is 0.100 e. The van der Waals surface area contributed by atoms with Crippen molar-refractivity contribution in [2.24, 2.45) is 11.7 Å². The van der Waals surface area contributed by atoms with Crippen LogP contribution in [0.15, 0.2) is 22.7 Å². The fourth-order valence-corrected chi connectivity index (χ4v) is 1.87. The molecule has 0 heterocycles. The molecule has 0 saturated carbocycles. The minimum Gasteiger partial charge on any atom is -0.381 e. The van der Waals surface area contributed by atoms with Gasteiger partial charge in [-0.2, -0.15) is 5.26 Å². The zero-order chi connectivity index (χ0) is 12.1. The summed E-state index contributed by atoms with van der Waals surface area (Å²) in [6, 6.07) is 7.96. The lowest BCUT2D eigenvalue weighted by Gasteiger charge is -2.21. The van der Waals surface area contributed by atoms with Crippen LogP contribution in [0.3, 0.4) is 0 Å². The van der Waals surface area contributed by atoms with Gasteiger partial charge in [-0.15, -0.1) is 0 Å². The fourth-order valence-electron chi connectivity index (χ4n) is 1.41. The summed E-state index contributed by atoms with van der Waals surface area (Å²) in [6.07, 6.45) is 0. The van der Waals surface area contributed by atoms with E-state index in [1.807, 2.05) is 12.1 Å². The number of hydrogen-bond donors (Lipinski definition) is 2. The van der Waals surface area contributed by atoms with Gasteiger partial charge in [-0.1, -0.05) is 13.8 Å². The van der Waals surface area contributed by atoms with E-state index in [9.17, 15) is 0 Å². The molecule has 1 rings (SSSR count). The molecule has 0 spiro atoms. The van der Waals surface area contributed by atoms with E-state index in [1.54, 1.807) is 6.07 Å². The summed E-state index contributed by atoms with van der Waals surface area (Å²) in [5.74, 6) is 0.472. The molecule has 0 aliphatic heterocycles. The Hall–Kier alpha value is -1.05. The van der Waals surface area contributed by atoms with Crippen molar-refractivity contribution in [1.82, 2.24) is 0 Å². The van der Waals surface area contributed by atoms with Gasteiger partial charge in [-0.3, -0.25) is 0 Å². The van der Waals surface area contributed by atoms with E-state index in [0.717, 1.165) is 10.2 Å². The molecule has 1 aromatic carbocycles. The third-order valence-electron chi connectivity index (χ3n) is 2.50. The second-order valence-electron chi connectivity index (χ2n) is 4.04. The Labute approximate surface area is 105 Å². The van der Waals surface area contributed by atoms with Crippen LogP contribution in [0.5, 0.6) is 0 Å². The van der Waals surface area contributed by atoms with Crippen LogP contribution in [0.1, 0.15) is 19.4 Å². The lowest BCUT2D eigenvalue weighted by molar-refractivity contribution is 0.531. The van der Waals surface area contributed by atoms with E-state index in [4.69, 9.17) is 11.0 Å². The minimum absolute atomic E-state index is 0.250. The summed E-state index contributed by atoms with van der Waals surface area (Å²) in [6.45, 7) is 4.85. The Morgan fingerprint density at radius 1 is 1.50 bits per heavy atom. The first kappa shape index (κ1) is 13.0. The average Bonchev–Trinajstić information content (AvgIpc) is 2.25. The number of hydrogen-bond acceptors (Lipinski definition) is 3. The molecule has 0 amide bonds. The largest absolute Gasteiger partial charge is 0.381 e. The van der Waals surface area contributed by atoms with E-state index in [2.05, 4.69) is 41.2 Å². The van der Waals surface area contributed by atoms with Gasteiger partial charge in [0, 0.05) is 22.7 Å². The first-order valence-electron chi connectivity index (χ1n) is 5.24. The molecule has 16 heavy (non-hydrogen) atoms. The molecule has 0 aliphatic carbocycles. The molecule has 0 radical (unpaired) electrons. The fraction of sp³-hybridized carbons (Fsp3) is 0.417. The molecule has 0 bridgehead atoms. The van der Waals surface area contributed by atoms with Crippen molar-refractivity contribution in [2.75, 3.05) is 11.9 Å². The topological polar surface area (TPSA) is 61.8 Å². The van der Waals surface area contributed by atoms with Gasteiger partial charge in [-0.05, 0) is 40.0 Å². The van der Waals surface area contributed by atoms with Gasteiger partial charge in [0.15, 0.2) is 0 Å². The number of benzene rings is 1. The molecular weight excluding hydrogens is 266 g/mol. The molecule has 1 atom stereocenters. The van der Waals surface area contributed by atoms with Crippen molar-refractivity contribution >= 4 is 21.6 Å². The predicted molar refractivity (Wildman–Crippen MR) is 70.2 cm³/mol. The molecule has 0 fully saturated rings. The van der Waals surface area contributed by atoms with Crippen molar-refractivity contribution in [3.63, 3.8) is 0 Å². The average molecular weight is 282 g/mol. The quantitative estimate of drug-likeness (QED) is 0.892. The van der Waals surface area contributed by atoms with E-state index in [1.165, 1.54) is 0 Å². The van der Waals surface area contributed by atoms with Crippen LogP contribution >= 0.6 is 15.9 Å². The van der Waals surface area contributed by atoms with Gasteiger partial charge in [0.05, 0.1) is 5.56 Å². The first-order chi connectivity index (χ1) is 7.58. The van der Waals surface area contributed by atoms with Crippen molar-refractivity contribution in [3.8, 4) is 6.07 Å². The number of nitrogens with one attached hydrogen (secondary N) is 1. The number of nitriles is 1. The van der Waals surface area contributed by atoms with Crippen molar-refractivity contribution < 1.29 is 0 Å². The van der Waals surface area contributed by atoms with Crippen molar-refractivity contribution in [3.05, 3.63) is 28.2 Å². The number of rotatable bonds is 4. The first-order valence-corrected chi connectivity index (χ1v) is 6.04. The summed E-state index contributed by atoms with van der Waals surface area (Å²) in [5, 5.41) is 12.2. The van der Waals surface area contributed by atoms with E-state index in [-0.39, 0.29) is 6.04 Å². The highest BCUT2D eigenvalue weighted by molar-refractivity contribution is 9.10. The maximum Gasteiger partial charge on any atom is 0.100 e. The molecule has 3 nitrogen and oxygen atoms in total. The normalized spacial score (nSPS) is 12.2. The van der Waals surface area contributed by atoms with E-state index >= 15 is 0 Å². The monoisotopic (exact) mass is 281 g/mol. The summed E-state index contributed by atoms with van der Waals surface area (Å²) in [5.41, 5.74) is 7.31. The Kier molecular flexibility index (Phi) is 4.78. The highest BCUT2D eigenvalue weighted by Gasteiger charge is 2.11. The summed E-state index contributed by atoms with van der Waals surface area (Å²) >= 11 is 3.36. The Balaban J connectivity index is 2.83. The number of nitrogens with two attached hydrogens (primary N) is 1. The van der Waals surface area contributed by atoms with Gasteiger partial charge in [-0.25, -0.2) is 0 Å². The minimum atomic E-state index is 0.250. The molecule has 86 valence electrons. The number of nitrogens with zero attached hydrogens (tertiary/aromatic N) is 1. The van der Waals surface area contributed by atoms with Crippen molar-refractivity contribution in [1.29, 1.82) is 5.26 Å². The maximum absolute atomic E-state index is 8.81. The molecule has 1 aromatic rings. The van der Waals surface area contributed by atoms with Gasteiger partial charge in [0.25, 0.3) is 0 Å². The van der Waals surface area contributed by atoms with Gasteiger partial charge < -0.3 is 11.1 Å². The zero-order valence-electron chi connectivity index (χ0n) is 9.50. The number of halogens is 1. The van der Waals surface area contributed by atoms with Crippen LogP contribution in [0.25, 0.3) is 0 Å². The highest BCUT2D eigenvalue weighted by atomic mass is 79.9. The molecule has 4 heteroatoms. The lowest BCUT2D eigenvalue weighted by Crippen LogP contribution is -2.33. The van der Waals surface area contributed by atoms with E-state index < -0.39 is 0 Å². The van der Waals surface area contributed by atoms with Crippen LogP contribution in [0.4, 0.5) is 5.69 Å². The Morgan fingerprint density at radius 3 is 2.62 bits per heavy atom. The van der Waals surface area contributed by atoms with Gasteiger partial charge >= 0.3 is 0 Å². The third-order valence-corrected chi connectivity index (χ3v) is 3.16.